The van der Waals surface area contributed by atoms with Crippen molar-refractivity contribution in [1.82, 2.24) is 0 Å². The second-order valence-electron chi connectivity index (χ2n) is 7.13. The summed E-state index contributed by atoms with van der Waals surface area (Å²) < 4.78 is 18.4. The van der Waals surface area contributed by atoms with E-state index in [1.54, 1.807) is 0 Å². The van der Waals surface area contributed by atoms with Crippen LogP contribution >= 0.6 is 6.72 Å². The molecule has 3 aromatic carbocycles. The summed E-state index contributed by atoms with van der Waals surface area (Å²) in [7, 11) is 0. The third-order valence-corrected chi connectivity index (χ3v) is 6.54. The molecule has 0 saturated heterocycles. The van der Waals surface area contributed by atoms with Gasteiger partial charge in [0.2, 0.25) is 0 Å². The second-order valence-corrected chi connectivity index (χ2v) is 9.92. The topological polar surface area (TPSA) is 27.7 Å². The van der Waals surface area contributed by atoms with Gasteiger partial charge in [0.25, 0.3) is 0 Å². The Hall–Kier alpha value is -3.07. The lowest BCUT2D eigenvalue weighted by Crippen LogP contribution is -2.07. The summed E-state index contributed by atoms with van der Waals surface area (Å²) in [6, 6.07) is 23.1. The van der Waals surface area contributed by atoms with Crippen molar-refractivity contribution in [2.24, 2.45) is 0 Å². The number of benzene rings is 3. The molecule has 32 heavy (non-hydrogen) atoms. The summed E-state index contributed by atoms with van der Waals surface area (Å²) in [6.07, 6.45) is 7.94. The standard InChI is InChI=1S/C27H27O3PS/c1-4-7-22-10-16-25(17-11-22)28-31(32,29-26-18-12-23(8-5-2)13-19-26)30-27-20-14-24(9-6-3)15-21-27/h4-6,10-21H,1-3,7-9H2. The molecule has 0 aliphatic rings. The van der Waals surface area contributed by atoms with Gasteiger partial charge in [0.15, 0.2) is 0 Å². The molecule has 3 rings (SSSR count). The van der Waals surface area contributed by atoms with Gasteiger partial charge >= 0.3 is 6.72 Å². The van der Waals surface area contributed by atoms with Gasteiger partial charge in [-0.25, -0.2) is 0 Å². The first kappa shape index (κ1) is 23.6. The van der Waals surface area contributed by atoms with Gasteiger partial charge in [0.05, 0.1) is 0 Å². The largest absolute Gasteiger partial charge is 0.490 e. The van der Waals surface area contributed by atoms with Crippen molar-refractivity contribution in [2.45, 2.75) is 19.3 Å². The lowest BCUT2D eigenvalue weighted by atomic mass is 10.1. The van der Waals surface area contributed by atoms with Crippen LogP contribution in [0.15, 0.2) is 111 Å². The van der Waals surface area contributed by atoms with Crippen LogP contribution in [-0.4, -0.2) is 0 Å². The van der Waals surface area contributed by atoms with Crippen molar-refractivity contribution in [3.05, 3.63) is 127 Å². The predicted octanol–water partition coefficient (Wildman–Crippen LogP) is 7.63. The highest BCUT2D eigenvalue weighted by Crippen LogP contribution is 2.50. The highest BCUT2D eigenvalue weighted by Gasteiger charge is 2.27. The fourth-order valence-electron chi connectivity index (χ4n) is 3.00. The first-order valence-corrected chi connectivity index (χ1v) is 12.9. The van der Waals surface area contributed by atoms with Crippen molar-refractivity contribution < 1.29 is 13.6 Å². The number of rotatable bonds is 12. The maximum Gasteiger partial charge on any atom is 0.490 e. The normalized spacial score (nSPS) is 10.8. The summed E-state index contributed by atoms with van der Waals surface area (Å²) >= 11 is 5.80. The van der Waals surface area contributed by atoms with Crippen molar-refractivity contribution in [3.8, 4) is 17.2 Å². The van der Waals surface area contributed by atoms with Crippen LogP contribution in [0.2, 0.25) is 0 Å². The van der Waals surface area contributed by atoms with E-state index in [-0.39, 0.29) is 0 Å². The molecular formula is C27H27O3PS. The van der Waals surface area contributed by atoms with Gasteiger partial charge in [-0.05, 0) is 72.4 Å². The Kier molecular flexibility index (Phi) is 8.49. The predicted molar refractivity (Wildman–Crippen MR) is 137 cm³/mol. The van der Waals surface area contributed by atoms with E-state index in [0.717, 1.165) is 36.0 Å². The summed E-state index contributed by atoms with van der Waals surface area (Å²) in [5.74, 6) is 1.77. The van der Waals surface area contributed by atoms with E-state index in [2.05, 4.69) is 19.7 Å². The van der Waals surface area contributed by atoms with Crippen LogP contribution in [0.5, 0.6) is 17.2 Å². The molecule has 0 bridgehead atoms. The van der Waals surface area contributed by atoms with E-state index in [9.17, 15) is 0 Å². The Labute approximate surface area is 195 Å². The third-order valence-electron chi connectivity index (χ3n) is 4.56. The molecule has 0 atom stereocenters. The van der Waals surface area contributed by atoms with Gasteiger partial charge in [0, 0.05) is 11.8 Å². The quantitative estimate of drug-likeness (QED) is 0.204. The molecule has 0 unspecified atom stereocenters. The van der Waals surface area contributed by atoms with Crippen LogP contribution in [0.4, 0.5) is 0 Å². The lowest BCUT2D eigenvalue weighted by Gasteiger charge is -2.23. The number of hydrogen-bond acceptors (Lipinski definition) is 4. The molecule has 0 aromatic heterocycles. The molecule has 3 nitrogen and oxygen atoms in total. The van der Waals surface area contributed by atoms with Gasteiger partial charge < -0.3 is 13.6 Å². The highest BCUT2D eigenvalue weighted by atomic mass is 32.5. The number of allylic oxidation sites excluding steroid dienone is 3. The van der Waals surface area contributed by atoms with Gasteiger partial charge in [0.1, 0.15) is 17.2 Å². The Balaban J connectivity index is 1.84. The van der Waals surface area contributed by atoms with Crippen molar-refractivity contribution in [1.29, 1.82) is 0 Å². The molecule has 0 aliphatic carbocycles. The van der Waals surface area contributed by atoms with Crippen LogP contribution in [0.25, 0.3) is 0 Å². The molecular weight excluding hydrogens is 435 g/mol. The van der Waals surface area contributed by atoms with E-state index >= 15 is 0 Å². The minimum Gasteiger partial charge on any atom is -0.407 e. The lowest BCUT2D eigenvalue weighted by molar-refractivity contribution is 0.384. The van der Waals surface area contributed by atoms with Crippen molar-refractivity contribution in [2.75, 3.05) is 0 Å². The summed E-state index contributed by atoms with van der Waals surface area (Å²) in [4.78, 5) is 0. The molecule has 0 heterocycles. The molecule has 164 valence electrons. The van der Waals surface area contributed by atoms with E-state index < -0.39 is 6.72 Å². The first-order chi connectivity index (χ1) is 15.5. The van der Waals surface area contributed by atoms with Crippen LogP contribution in [0, 0.1) is 0 Å². The Morgan fingerprint density at radius 1 is 0.531 bits per heavy atom. The zero-order valence-corrected chi connectivity index (χ0v) is 19.7. The van der Waals surface area contributed by atoms with Crippen LogP contribution in [0.3, 0.4) is 0 Å². The fourth-order valence-corrected chi connectivity index (χ4v) is 5.03. The molecule has 0 radical (unpaired) electrons. The Morgan fingerprint density at radius 3 is 1.00 bits per heavy atom. The van der Waals surface area contributed by atoms with Gasteiger partial charge in [-0.3, -0.25) is 0 Å². The molecule has 0 saturated carbocycles. The Morgan fingerprint density at radius 2 is 0.781 bits per heavy atom. The van der Waals surface area contributed by atoms with E-state index in [1.165, 1.54) is 0 Å². The average molecular weight is 463 g/mol. The molecule has 0 spiro atoms. The van der Waals surface area contributed by atoms with Crippen molar-refractivity contribution in [3.63, 3.8) is 0 Å². The van der Waals surface area contributed by atoms with E-state index in [1.807, 2.05) is 91.0 Å². The zero-order valence-electron chi connectivity index (χ0n) is 18.0. The molecule has 0 aliphatic heterocycles. The molecule has 5 heteroatoms. The van der Waals surface area contributed by atoms with Gasteiger partial charge in [-0.1, -0.05) is 54.6 Å². The third kappa shape index (κ3) is 6.98. The zero-order chi connectivity index (χ0) is 22.8. The minimum atomic E-state index is -3.20. The first-order valence-electron chi connectivity index (χ1n) is 10.3. The van der Waals surface area contributed by atoms with Crippen LogP contribution in [0.1, 0.15) is 16.7 Å². The smallest absolute Gasteiger partial charge is 0.407 e. The monoisotopic (exact) mass is 462 g/mol. The molecule has 3 aromatic rings. The minimum absolute atomic E-state index is 0.590. The van der Waals surface area contributed by atoms with E-state index in [4.69, 9.17) is 25.4 Å². The fraction of sp³-hybridized carbons (Fsp3) is 0.111. The van der Waals surface area contributed by atoms with Gasteiger partial charge in [-0.2, -0.15) is 0 Å². The summed E-state index contributed by atoms with van der Waals surface area (Å²) in [5.41, 5.74) is 3.41. The Bertz CT molecular complexity index is 946. The summed E-state index contributed by atoms with van der Waals surface area (Å²) in [5, 5.41) is 0. The molecule has 0 fully saturated rings. The maximum absolute atomic E-state index is 6.12. The molecule has 0 N–H and O–H groups in total. The maximum atomic E-state index is 6.12. The van der Waals surface area contributed by atoms with Crippen molar-refractivity contribution >= 4 is 18.5 Å². The average Bonchev–Trinajstić information content (AvgIpc) is 2.78. The summed E-state index contributed by atoms with van der Waals surface area (Å²) in [6.45, 7) is 8.12. The van der Waals surface area contributed by atoms with Gasteiger partial charge in [-0.15, -0.1) is 19.7 Å². The highest BCUT2D eigenvalue weighted by molar-refractivity contribution is 8.08. The number of hydrogen-bond donors (Lipinski definition) is 0. The van der Waals surface area contributed by atoms with Crippen LogP contribution in [-0.2, 0) is 31.1 Å². The SMILES string of the molecule is C=CCc1ccc(OP(=S)(Oc2ccc(CC=C)cc2)Oc2ccc(CC=C)cc2)cc1. The molecule has 0 amide bonds. The second kappa shape index (κ2) is 11.5. The van der Waals surface area contributed by atoms with Crippen LogP contribution < -0.4 is 13.6 Å². The van der Waals surface area contributed by atoms with E-state index in [0.29, 0.717) is 17.2 Å².